The number of anilines is 2. The average molecular weight is 631 g/mol. The van der Waals surface area contributed by atoms with Crippen molar-refractivity contribution in [3.05, 3.63) is 66.1 Å². The molecule has 2 aromatic rings. The van der Waals surface area contributed by atoms with Gasteiger partial charge < -0.3 is 29.5 Å². The molecule has 244 valence electrons. The maximum absolute atomic E-state index is 13.9. The summed E-state index contributed by atoms with van der Waals surface area (Å²) in [4.78, 5) is 13.9. The molecule has 3 rings (SSSR count). The number of hydrogen-bond acceptors (Lipinski definition) is 9. The lowest BCUT2D eigenvalue weighted by Gasteiger charge is -2.39. The largest absolute Gasteiger partial charge is 0.496 e. The number of fused-ring (bicyclic) bond motifs is 1. The minimum Gasteiger partial charge on any atom is -0.496 e. The van der Waals surface area contributed by atoms with Gasteiger partial charge >= 0.3 is 5.97 Å². The van der Waals surface area contributed by atoms with Crippen LogP contribution in [0.1, 0.15) is 77.3 Å². The van der Waals surface area contributed by atoms with Crippen LogP contribution in [-0.2, 0) is 28.8 Å². The Morgan fingerprint density at radius 3 is 2.50 bits per heavy atom. The van der Waals surface area contributed by atoms with Gasteiger partial charge in [-0.15, -0.1) is 0 Å². The molecule has 44 heavy (non-hydrogen) atoms. The van der Waals surface area contributed by atoms with Crippen molar-refractivity contribution in [2.75, 3.05) is 49.8 Å². The normalized spacial score (nSPS) is 21.3. The van der Waals surface area contributed by atoms with E-state index in [0.29, 0.717) is 36.5 Å². The Balaban J connectivity index is 1.81. The molecule has 0 spiro atoms. The summed E-state index contributed by atoms with van der Waals surface area (Å²) in [6, 6.07) is 13.3. The van der Waals surface area contributed by atoms with Crippen LogP contribution in [0.15, 0.2) is 59.9 Å². The van der Waals surface area contributed by atoms with Crippen LogP contribution in [0.3, 0.4) is 0 Å². The summed E-state index contributed by atoms with van der Waals surface area (Å²) in [5.41, 5.74) is 1.85. The van der Waals surface area contributed by atoms with Crippen LogP contribution in [0.4, 0.5) is 11.4 Å². The number of ether oxygens (including phenoxy) is 3. The van der Waals surface area contributed by atoms with Crippen molar-refractivity contribution in [2.45, 2.75) is 82.8 Å². The highest BCUT2D eigenvalue weighted by Gasteiger charge is 2.49. The molecule has 2 N–H and O–H groups in total. The zero-order valence-electron chi connectivity index (χ0n) is 27.3. The molecule has 10 heteroatoms. The van der Waals surface area contributed by atoms with Gasteiger partial charge in [0.25, 0.3) is 0 Å². The van der Waals surface area contributed by atoms with Crippen molar-refractivity contribution in [1.82, 2.24) is 0 Å². The first kappa shape index (κ1) is 35.2. The number of aliphatic hydroxyl groups is 1. The van der Waals surface area contributed by atoms with Gasteiger partial charge in [-0.1, -0.05) is 38.8 Å². The van der Waals surface area contributed by atoms with Crippen LogP contribution in [0.5, 0.6) is 0 Å². The smallest absolute Gasteiger partial charge is 0.344 e. The maximum atomic E-state index is 13.9. The summed E-state index contributed by atoms with van der Waals surface area (Å²) in [6.45, 7) is 10.1. The van der Waals surface area contributed by atoms with E-state index >= 15 is 0 Å². The third-order valence-corrected chi connectivity index (χ3v) is 9.99. The number of nitrogens with zero attached hydrogens (tertiary/aromatic N) is 1. The quantitative estimate of drug-likeness (QED) is 0.150. The molecule has 0 bridgehead atoms. The highest BCUT2D eigenvalue weighted by molar-refractivity contribution is 7.91. The Kier molecular flexibility index (Phi) is 12.1. The molecule has 0 fully saturated rings. The van der Waals surface area contributed by atoms with Gasteiger partial charge in [0.1, 0.15) is 24.7 Å². The van der Waals surface area contributed by atoms with Crippen LogP contribution in [0.2, 0.25) is 0 Å². The molecule has 0 radical (unpaired) electrons. The van der Waals surface area contributed by atoms with E-state index < -0.39 is 38.8 Å². The number of aliphatic hydroxyl groups excluding tert-OH is 1. The van der Waals surface area contributed by atoms with Crippen LogP contribution < -0.4 is 10.2 Å². The Morgan fingerprint density at radius 2 is 1.84 bits per heavy atom. The van der Waals surface area contributed by atoms with E-state index in [1.54, 1.807) is 26.8 Å². The van der Waals surface area contributed by atoms with E-state index in [9.17, 15) is 18.3 Å². The van der Waals surface area contributed by atoms with Crippen molar-refractivity contribution in [3.8, 4) is 0 Å². The molecule has 3 atom stereocenters. The van der Waals surface area contributed by atoms with E-state index in [-0.39, 0.29) is 12.4 Å². The first-order chi connectivity index (χ1) is 20.7. The zero-order chi connectivity index (χ0) is 32.5. The Labute approximate surface area is 263 Å². The fraction of sp³-hybridized carbons (Fsp3) is 0.559. The highest BCUT2D eigenvalue weighted by Crippen LogP contribution is 2.49. The molecule has 0 aromatic heterocycles. The van der Waals surface area contributed by atoms with Crippen molar-refractivity contribution in [3.63, 3.8) is 0 Å². The molecule has 3 unspecified atom stereocenters. The minimum atomic E-state index is -3.65. The Morgan fingerprint density at radius 1 is 1.11 bits per heavy atom. The molecule has 1 heterocycles. The number of carbonyl (C=O) groups is 1. The topological polar surface area (TPSA) is 114 Å². The summed E-state index contributed by atoms with van der Waals surface area (Å²) in [5, 5.41) is 15.5. The first-order valence-corrected chi connectivity index (χ1v) is 17.0. The van der Waals surface area contributed by atoms with Crippen LogP contribution in [0, 0.1) is 5.41 Å². The minimum absolute atomic E-state index is 0.0766. The standard InChI is InChI=1S/C34H50N2O7S/c1-8-10-16-34(9-2)24-44(39,40)29-15-14-27(36(6)7)22-28(29)31(32(34)38)25-12-11-13-26(21-25)35-17-18-41-19-20-42-23-30(37)43-33(3,4)5/h11-15,19-22,31-32,35,38H,8-10,16-18,23-24H2,1-7H3/b20-19+. The second-order valence-electron chi connectivity index (χ2n) is 12.7. The lowest BCUT2D eigenvalue weighted by Crippen LogP contribution is -2.42. The number of esters is 1. The number of carbonyl (C=O) groups excluding carboxylic acids is 1. The second-order valence-corrected chi connectivity index (χ2v) is 14.7. The van der Waals surface area contributed by atoms with Crippen molar-refractivity contribution in [1.29, 1.82) is 0 Å². The molecule has 9 nitrogen and oxygen atoms in total. The van der Waals surface area contributed by atoms with Gasteiger partial charge in [-0.05, 0) is 75.1 Å². The maximum Gasteiger partial charge on any atom is 0.344 e. The summed E-state index contributed by atoms with van der Waals surface area (Å²) in [5.74, 6) is -1.06. The molecule has 0 saturated heterocycles. The zero-order valence-corrected chi connectivity index (χ0v) is 28.1. The van der Waals surface area contributed by atoms with Gasteiger partial charge in [-0.25, -0.2) is 13.2 Å². The van der Waals surface area contributed by atoms with Gasteiger partial charge in [0.15, 0.2) is 16.4 Å². The van der Waals surface area contributed by atoms with Gasteiger partial charge in [0, 0.05) is 43.3 Å². The monoisotopic (exact) mass is 630 g/mol. The number of sulfone groups is 1. The van der Waals surface area contributed by atoms with E-state index in [0.717, 1.165) is 29.8 Å². The fourth-order valence-corrected chi connectivity index (χ4v) is 7.99. The average Bonchev–Trinajstić information content (AvgIpc) is 3.02. The van der Waals surface area contributed by atoms with E-state index in [4.69, 9.17) is 14.2 Å². The van der Waals surface area contributed by atoms with E-state index in [1.807, 2.05) is 62.3 Å². The molecular formula is C34H50N2O7S. The van der Waals surface area contributed by atoms with Gasteiger partial charge in [0.2, 0.25) is 0 Å². The summed E-state index contributed by atoms with van der Waals surface area (Å²) in [6.07, 6.45) is 4.75. The third kappa shape index (κ3) is 9.14. The second kappa shape index (κ2) is 15.2. The van der Waals surface area contributed by atoms with Gasteiger partial charge in [-0.3, -0.25) is 0 Å². The van der Waals surface area contributed by atoms with Crippen molar-refractivity contribution in [2.24, 2.45) is 5.41 Å². The summed E-state index contributed by atoms with van der Waals surface area (Å²) >= 11 is 0. The molecule has 1 aliphatic heterocycles. The molecule has 0 aliphatic carbocycles. The molecule has 1 aliphatic rings. The van der Waals surface area contributed by atoms with E-state index in [2.05, 4.69) is 12.2 Å². The lowest BCUT2D eigenvalue weighted by molar-refractivity contribution is -0.158. The SMILES string of the molecule is CCCCC1(CC)CS(=O)(=O)c2ccc(N(C)C)cc2C(c2cccc(NCCO/C=C/OCC(=O)OC(C)(C)C)c2)C1O. The van der Waals surface area contributed by atoms with Gasteiger partial charge in [0.05, 0.1) is 16.8 Å². The molecule has 0 saturated carbocycles. The predicted octanol–water partition coefficient (Wildman–Crippen LogP) is 5.88. The highest BCUT2D eigenvalue weighted by atomic mass is 32.2. The Hall–Kier alpha value is -3.24. The van der Waals surface area contributed by atoms with Crippen LogP contribution >= 0.6 is 0 Å². The van der Waals surface area contributed by atoms with Crippen LogP contribution in [0.25, 0.3) is 0 Å². The molecular weight excluding hydrogens is 580 g/mol. The van der Waals surface area contributed by atoms with E-state index in [1.165, 1.54) is 12.5 Å². The molecule has 0 amide bonds. The van der Waals surface area contributed by atoms with Crippen molar-refractivity contribution < 1.29 is 32.5 Å². The lowest BCUT2D eigenvalue weighted by atomic mass is 9.69. The summed E-state index contributed by atoms with van der Waals surface area (Å²) in [7, 11) is 0.195. The predicted molar refractivity (Wildman–Crippen MR) is 175 cm³/mol. The van der Waals surface area contributed by atoms with Crippen molar-refractivity contribution >= 4 is 27.2 Å². The number of nitrogens with one attached hydrogen (secondary N) is 1. The Bertz CT molecular complexity index is 1380. The number of hydrogen-bond donors (Lipinski definition) is 2. The number of unbranched alkanes of at least 4 members (excludes halogenated alkanes) is 1. The van der Waals surface area contributed by atoms with Gasteiger partial charge in [-0.2, -0.15) is 0 Å². The summed E-state index contributed by atoms with van der Waals surface area (Å²) < 4.78 is 43.6. The van der Waals surface area contributed by atoms with Crippen LogP contribution in [-0.4, -0.2) is 70.8 Å². The molecule has 2 aromatic carbocycles. The number of benzene rings is 2. The fourth-order valence-electron chi connectivity index (χ4n) is 5.73. The number of rotatable bonds is 14. The third-order valence-electron chi connectivity index (χ3n) is 8.00. The first-order valence-electron chi connectivity index (χ1n) is 15.4.